The van der Waals surface area contributed by atoms with Crippen molar-refractivity contribution in [2.75, 3.05) is 0 Å². The van der Waals surface area contributed by atoms with E-state index in [-0.39, 0.29) is 34.6 Å². The molecule has 0 amide bonds. The number of imidazole rings is 1. The fourth-order valence-corrected chi connectivity index (χ4v) is 1.34. The molecule has 8 heteroatoms. The van der Waals surface area contributed by atoms with E-state index in [2.05, 4.69) is 19.9 Å². The van der Waals surface area contributed by atoms with Gasteiger partial charge in [0, 0.05) is 0 Å². The van der Waals surface area contributed by atoms with Crippen LogP contribution in [-0.2, 0) is 11.1 Å². The Morgan fingerprint density at radius 1 is 1.38 bits per heavy atom. The number of H-pyrrole nitrogens is 1. The van der Waals surface area contributed by atoms with Crippen LogP contribution < -0.4 is 29.6 Å². The molecule has 6 nitrogen and oxygen atoms in total. The third kappa shape index (κ3) is 1.94. The Balaban J connectivity index is 0.000000845. The van der Waals surface area contributed by atoms with Gasteiger partial charge >= 0.3 is 29.6 Å². The molecule has 0 saturated heterocycles. The van der Waals surface area contributed by atoms with Crippen molar-refractivity contribution in [3.63, 3.8) is 0 Å². The van der Waals surface area contributed by atoms with Gasteiger partial charge in [-0.1, -0.05) is 0 Å². The Morgan fingerprint density at radius 3 is 2.85 bits per heavy atom. The van der Waals surface area contributed by atoms with Crippen LogP contribution in [0.15, 0.2) is 17.7 Å². The second-order valence-corrected chi connectivity index (χ2v) is 2.91. The predicted molar refractivity (Wildman–Crippen MR) is 40.7 cm³/mol. The van der Waals surface area contributed by atoms with Crippen LogP contribution in [0.2, 0.25) is 0 Å². The number of hydrogen-bond acceptors (Lipinski definition) is 4. The first-order valence-corrected chi connectivity index (χ1v) is 4.14. The van der Waals surface area contributed by atoms with E-state index in [1.54, 1.807) is 0 Å². The maximum absolute atomic E-state index is 10.7. The molecule has 13 heavy (non-hydrogen) atoms. The van der Waals surface area contributed by atoms with Crippen molar-refractivity contribution in [2.45, 2.75) is 5.03 Å². The van der Waals surface area contributed by atoms with Crippen molar-refractivity contribution in [3.05, 3.63) is 12.7 Å². The summed E-state index contributed by atoms with van der Waals surface area (Å²) in [7, 11) is 0. The van der Waals surface area contributed by atoms with Gasteiger partial charge in [0.25, 0.3) is 0 Å². The van der Waals surface area contributed by atoms with Gasteiger partial charge in [0.05, 0.1) is 6.33 Å². The molecule has 1 atom stereocenters. The maximum atomic E-state index is 10.7. The van der Waals surface area contributed by atoms with Gasteiger partial charge in [0.2, 0.25) is 11.1 Å². The van der Waals surface area contributed by atoms with Crippen LogP contribution in [0.1, 0.15) is 0 Å². The van der Waals surface area contributed by atoms with E-state index in [1.165, 1.54) is 12.7 Å². The standard InChI is InChI=1S/C5H4N4O2S.Na/c10-12(11)5-3-4(7-1-6-3)8-2-9-5;/h1-2H,(H,10,11)(H,6,7,8,9);/q;+1. The molecule has 0 aliphatic heterocycles. The van der Waals surface area contributed by atoms with E-state index < -0.39 is 11.1 Å². The largest absolute Gasteiger partial charge is 1.00 e. The zero-order chi connectivity index (χ0) is 8.55. The summed E-state index contributed by atoms with van der Waals surface area (Å²) in [6, 6.07) is 0. The van der Waals surface area contributed by atoms with Crippen molar-refractivity contribution < 1.29 is 38.3 Å². The summed E-state index contributed by atoms with van der Waals surface area (Å²) in [4.78, 5) is 13.9. The molecule has 0 saturated carbocycles. The van der Waals surface area contributed by atoms with Crippen LogP contribution in [0.25, 0.3) is 11.2 Å². The zero-order valence-corrected chi connectivity index (χ0v) is 9.58. The number of nitrogens with one attached hydrogen (secondary N) is 1. The summed E-state index contributed by atoms with van der Waals surface area (Å²) >= 11 is -2.10. The van der Waals surface area contributed by atoms with Crippen LogP contribution >= 0.6 is 0 Å². The van der Waals surface area contributed by atoms with Gasteiger partial charge in [0.15, 0.2) is 10.7 Å². The molecule has 0 aliphatic rings. The molecule has 2 heterocycles. The van der Waals surface area contributed by atoms with Gasteiger partial charge in [-0.05, 0) is 0 Å². The van der Waals surface area contributed by atoms with Crippen LogP contribution in [0, 0.1) is 0 Å². The van der Waals surface area contributed by atoms with Crippen LogP contribution in [0.3, 0.4) is 0 Å². The van der Waals surface area contributed by atoms with Gasteiger partial charge in [-0.3, -0.25) is 0 Å². The number of aromatic nitrogens is 4. The third-order valence-electron chi connectivity index (χ3n) is 1.35. The molecule has 0 aliphatic carbocycles. The van der Waals surface area contributed by atoms with E-state index in [4.69, 9.17) is 4.55 Å². The number of fused-ring (bicyclic) bond motifs is 1. The smallest absolute Gasteiger partial charge is 0.341 e. The summed E-state index contributed by atoms with van der Waals surface area (Å²) < 4.78 is 19.5. The summed E-state index contributed by atoms with van der Waals surface area (Å²) in [5.41, 5.74) is 0.792. The van der Waals surface area contributed by atoms with Gasteiger partial charge in [0.1, 0.15) is 11.8 Å². The molecular formula is C5H4N4NaO2S+. The number of nitrogens with zero attached hydrogens (tertiary/aromatic N) is 3. The minimum atomic E-state index is -2.10. The molecule has 0 aromatic carbocycles. The molecule has 1 unspecified atom stereocenters. The van der Waals surface area contributed by atoms with Crippen LogP contribution in [0.5, 0.6) is 0 Å². The van der Waals surface area contributed by atoms with Gasteiger partial charge in [-0.25, -0.2) is 19.2 Å². The normalized spacial score (nSPS) is 12.4. The van der Waals surface area contributed by atoms with Crippen molar-refractivity contribution >= 4 is 22.2 Å². The van der Waals surface area contributed by atoms with Gasteiger partial charge < -0.3 is 9.54 Å². The minimum Gasteiger partial charge on any atom is -0.341 e. The molecule has 62 valence electrons. The Bertz CT molecular complexity index is 445. The molecule has 0 radical (unpaired) electrons. The Morgan fingerprint density at radius 2 is 2.15 bits per heavy atom. The topological polar surface area (TPSA) is 91.8 Å². The zero-order valence-electron chi connectivity index (χ0n) is 6.76. The van der Waals surface area contributed by atoms with E-state index in [9.17, 15) is 4.21 Å². The number of hydrogen-bond donors (Lipinski definition) is 2. The first kappa shape index (κ1) is 10.7. The molecule has 2 N–H and O–H groups in total. The Labute approximate surface area is 97.8 Å². The summed E-state index contributed by atoms with van der Waals surface area (Å²) in [5, 5.41) is 0.0532. The molecule has 0 bridgehead atoms. The average molecular weight is 207 g/mol. The summed E-state index contributed by atoms with van der Waals surface area (Å²) in [6.45, 7) is 0. The SMILES string of the molecule is O=S(O)c1ncnc2nc[nH]c12.[Na+]. The molecule has 2 aromatic rings. The second-order valence-electron chi connectivity index (χ2n) is 2.03. The fraction of sp³-hybridized carbons (Fsp3) is 0. The van der Waals surface area contributed by atoms with E-state index >= 15 is 0 Å². The predicted octanol–water partition coefficient (Wildman–Crippen LogP) is -3.06. The second kappa shape index (κ2) is 4.25. The first-order chi connectivity index (χ1) is 5.79. The minimum absolute atomic E-state index is 0. The third-order valence-corrected chi connectivity index (χ3v) is 1.99. The fourth-order valence-electron chi connectivity index (χ4n) is 0.875. The maximum Gasteiger partial charge on any atom is 1.00 e. The van der Waals surface area contributed by atoms with E-state index in [0.29, 0.717) is 11.2 Å². The Hall–Kier alpha value is -0.340. The molecule has 0 spiro atoms. The number of rotatable bonds is 1. The van der Waals surface area contributed by atoms with E-state index in [1.807, 2.05) is 0 Å². The van der Waals surface area contributed by atoms with Gasteiger partial charge in [-0.2, -0.15) is 0 Å². The van der Waals surface area contributed by atoms with Crippen molar-refractivity contribution in [2.24, 2.45) is 0 Å². The molecule has 0 fully saturated rings. The van der Waals surface area contributed by atoms with Crippen molar-refractivity contribution in [3.8, 4) is 0 Å². The van der Waals surface area contributed by atoms with E-state index in [0.717, 1.165) is 0 Å². The molecular weight excluding hydrogens is 203 g/mol. The quantitative estimate of drug-likeness (QED) is 0.294. The van der Waals surface area contributed by atoms with Crippen molar-refractivity contribution in [1.82, 2.24) is 19.9 Å². The van der Waals surface area contributed by atoms with Gasteiger partial charge in [-0.15, -0.1) is 0 Å². The first-order valence-electron chi connectivity index (χ1n) is 3.04. The van der Waals surface area contributed by atoms with Crippen LogP contribution in [-0.4, -0.2) is 28.7 Å². The Kier molecular flexibility index (Phi) is 3.51. The summed E-state index contributed by atoms with van der Waals surface area (Å²) in [6.07, 6.45) is 2.60. The monoisotopic (exact) mass is 207 g/mol. The average Bonchev–Trinajstić information content (AvgIpc) is 2.49. The van der Waals surface area contributed by atoms with Crippen LogP contribution in [0.4, 0.5) is 0 Å². The molecule has 2 aromatic heterocycles. The number of aromatic amines is 1. The van der Waals surface area contributed by atoms with Crippen molar-refractivity contribution in [1.29, 1.82) is 0 Å². The summed E-state index contributed by atoms with van der Waals surface area (Å²) in [5.74, 6) is 0. The molecule has 2 rings (SSSR count).